The fraction of sp³-hybridized carbons (Fsp3) is 0.105. The molecule has 0 atom stereocenters. The molecular weight excluding hydrogens is 376 g/mol. The molecule has 0 spiro atoms. The maximum Gasteiger partial charge on any atom is 0.188 e. The standard InChI is InChI=1S/C19H12ClF2N3S/c1-11-15(9-23)18(12-5-7-14(20)8-6-12)25-19(24-11)26-10-13-3-2-4-16(21)17(13)22/h2-8H,10H2,1H3. The normalized spacial score (nSPS) is 10.6. The summed E-state index contributed by atoms with van der Waals surface area (Å²) in [5, 5.41) is 10.4. The Hall–Kier alpha value is -2.49. The van der Waals surface area contributed by atoms with Crippen LogP contribution in [0.3, 0.4) is 0 Å². The molecule has 0 fully saturated rings. The van der Waals surface area contributed by atoms with E-state index in [0.717, 1.165) is 11.6 Å². The van der Waals surface area contributed by atoms with Crippen LogP contribution in [-0.2, 0) is 5.75 Å². The van der Waals surface area contributed by atoms with Crippen LogP contribution in [0.1, 0.15) is 16.8 Å². The summed E-state index contributed by atoms with van der Waals surface area (Å²) in [6, 6.07) is 13.1. The highest BCUT2D eigenvalue weighted by Gasteiger charge is 2.15. The first-order valence-corrected chi connectivity index (χ1v) is 8.96. The minimum Gasteiger partial charge on any atom is -0.227 e. The second kappa shape index (κ2) is 7.81. The first kappa shape index (κ1) is 18.3. The van der Waals surface area contributed by atoms with Crippen molar-refractivity contribution in [3.8, 4) is 17.3 Å². The average molecular weight is 388 g/mol. The Morgan fingerprint density at radius 1 is 1.12 bits per heavy atom. The van der Waals surface area contributed by atoms with Gasteiger partial charge < -0.3 is 0 Å². The average Bonchev–Trinajstić information content (AvgIpc) is 2.63. The molecule has 0 amide bonds. The molecule has 3 aromatic rings. The van der Waals surface area contributed by atoms with E-state index in [9.17, 15) is 14.0 Å². The number of hydrogen-bond acceptors (Lipinski definition) is 4. The Bertz CT molecular complexity index is 1000. The summed E-state index contributed by atoms with van der Waals surface area (Å²) in [6.45, 7) is 1.71. The van der Waals surface area contributed by atoms with E-state index >= 15 is 0 Å². The number of benzene rings is 2. The Morgan fingerprint density at radius 2 is 1.85 bits per heavy atom. The molecule has 0 unspecified atom stereocenters. The van der Waals surface area contributed by atoms with Crippen LogP contribution in [0.15, 0.2) is 47.6 Å². The minimum atomic E-state index is -0.887. The lowest BCUT2D eigenvalue weighted by atomic mass is 10.1. The number of aromatic nitrogens is 2. The molecule has 0 saturated heterocycles. The third kappa shape index (κ3) is 3.85. The van der Waals surface area contributed by atoms with E-state index < -0.39 is 11.6 Å². The quantitative estimate of drug-likeness (QED) is 0.435. The molecule has 0 aliphatic carbocycles. The lowest BCUT2D eigenvalue weighted by Gasteiger charge is -2.09. The summed E-state index contributed by atoms with van der Waals surface area (Å²) >= 11 is 7.09. The van der Waals surface area contributed by atoms with Gasteiger partial charge in [0.25, 0.3) is 0 Å². The molecule has 0 aliphatic rings. The van der Waals surface area contributed by atoms with Gasteiger partial charge in [-0.2, -0.15) is 5.26 Å². The van der Waals surface area contributed by atoms with Crippen molar-refractivity contribution < 1.29 is 8.78 Å². The molecule has 1 heterocycles. The van der Waals surface area contributed by atoms with Crippen LogP contribution in [0.2, 0.25) is 5.02 Å². The highest BCUT2D eigenvalue weighted by Crippen LogP contribution is 2.29. The first-order valence-electron chi connectivity index (χ1n) is 7.60. The van der Waals surface area contributed by atoms with Crippen molar-refractivity contribution in [2.45, 2.75) is 17.8 Å². The monoisotopic (exact) mass is 387 g/mol. The highest BCUT2D eigenvalue weighted by atomic mass is 35.5. The Labute approximate surface area is 158 Å². The van der Waals surface area contributed by atoms with Crippen LogP contribution in [0.4, 0.5) is 8.78 Å². The molecule has 130 valence electrons. The zero-order chi connectivity index (χ0) is 18.7. The van der Waals surface area contributed by atoms with Gasteiger partial charge in [-0.25, -0.2) is 18.7 Å². The Balaban J connectivity index is 1.95. The van der Waals surface area contributed by atoms with Crippen molar-refractivity contribution in [3.63, 3.8) is 0 Å². The molecule has 0 N–H and O–H groups in total. The van der Waals surface area contributed by atoms with Gasteiger partial charge in [-0.15, -0.1) is 0 Å². The maximum absolute atomic E-state index is 13.8. The fourth-order valence-corrected chi connectivity index (χ4v) is 3.36. The minimum absolute atomic E-state index is 0.176. The molecule has 1 aromatic heterocycles. The predicted molar refractivity (Wildman–Crippen MR) is 97.8 cm³/mol. The first-order chi connectivity index (χ1) is 12.5. The second-order valence-corrected chi connectivity index (χ2v) is 6.81. The van der Waals surface area contributed by atoms with Crippen molar-refractivity contribution in [2.24, 2.45) is 0 Å². The Kier molecular flexibility index (Phi) is 5.50. The largest absolute Gasteiger partial charge is 0.227 e. The number of rotatable bonds is 4. The molecule has 0 bridgehead atoms. The fourth-order valence-electron chi connectivity index (χ4n) is 2.36. The van der Waals surface area contributed by atoms with Crippen molar-refractivity contribution in [1.82, 2.24) is 9.97 Å². The summed E-state index contributed by atoms with van der Waals surface area (Å²) in [5.74, 6) is -1.58. The predicted octanol–water partition coefficient (Wildman–Crippen LogP) is 5.55. The molecule has 0 aliphatic heterocycles. The molecule has 26 heavy (non-hydrogen) atoms. The lowest BCUT2D eigenvalue weighted by molar-refractivity contribution is 0.502. The Morgan fingerprint density at radius 3 is 2.54 bits per heavy atom. The third-order valence-electron chi connectivity index (χ3n) is 3.69. The number of thioether (sulfide) groups is 1. The van der Waals surface area contributed by atoms with Crippen molar-refractivity contribution >= 4 is 23.4 Å². The highest BCUT2D eigenvalue weighted by molar-refractivity contribution is 7.98. The van der Waals surface area contributed by atoms with E-state index in [1.165, 1.54) is 23.9 Å². The van der Waals surface area contributed by atoms with Crippen LogP contribution in [-0.4, -0.2) is 9.97 Å². The zero-order valence-electron chi connectivity index (χ0n) is 13.6. The molecule has 3 nitrogen and oxygen atoms in total. The van der Waals surface area contributed by atoms with E-state index in [1.54, 1.807) is 31.2 Å². The summed E-state index contributed by atoms with van der Waals surface area (Å²) in [6.07, 6.45) is 0. The molecular formula is C19H12ClF2N3S. The van der Waals surface area contributed by atoms with Crippen molar-refractivity contribution in [2.75, 3.05) is 0 Å². The van der Waals surface area contributed by atoms with Gasteiger partial charge in [-0.1, -0.05) is 47.6 Å². The molecule has 0 radical (unpaired) electrons. The smallest absolute Gasteiger partial charge is 0.188 e. The van der Waals surface area contributed by atoms with Gasteiger partial charge in [-0.05, 0) is 25.1 Å². The number of nitriles is 1. The topological polar surface area (TPSA) is 49.6 Å². The van der Waals surface area contributed by atoms with Crippen LogP contribution in [0, 0.1) is 29.9 Å². The van der Waals surface area contributed by atoms with E-state index in [0.29, 0.717) is 27.1 Å². The number of halogens is 3. The van der Waals surface area contributed by atoms with Crippen molar-refractivity contribution in [3.05, 3.63) is 75.9 Å². The van der Waals surface area contributed by atoms with Crippen molar-refractivity contribution in [1.29, 1.82) is 5.26 Å². The van der Waals surface area contributed by atoms with Crippen LogP contribution < -0.4 is 0 Å². The maximum atomic E-state index is 13.8. The van der Waals surface area contributed by atoms with Gasteiger partial charge in [-0.3, -0.25) is 0 Å². The summed E-state index contributed by atoms with van der Waals surface area (Å²) in [7, 11) is 0. The van der Waals surface area contributed by atoms with Gasteiger partial charge in [0.1, 0.15) is 6.07 Å². The number of aryl methyl sites for hydroxylation is 1. The number of nitrogens with zero attached hydrogens (tertiary/aromatic N) is 3. The molecule has 3 rings (SSSR count). The number of hydrogen-bond donors (Lipinski definition) is 0. The van der Waals surface area contributed by atoms with Gasteiger partial charge >= 0.3 is 0 Å². The van der Waals surface area contributed by atoms with Gasteiger partial charge in [0.05, 0.1) is 17.0 Å². The van der Waals surface area contributed by atoms with Gasteiger partial charge in [0.15, 0.2) is 16.8 Å². The van der Waals surface area contributed by atoms with Gasteiger partial charge in [0, 0.05) is 21.9 Å². The molecule has 2 aromatic carbocycles. The zero-order valence-corrected chi connectivity index (χ0v) is 15.2. The second-order valence-electron chi connectivity index (χ2n) is 5.44. The lowest BCUT2D eigenvalue weighted by Crippen LogP contribution is -2.00. The van der Waals surface area contributed by atoms with Gasteiger partial charge in [0.2, 0.25) is 0 Å². The van der Waals surface area contributed by atoms with E-state index in [-0.39, 0.29) is 11.3 Å². The van der Waals surface area contributed by atoms with Crippen LogP contribution in [0.25, 0.3) is 11.3 Å². The van der Waals surface area contributed by atoms with E-state index in [1.807, 2.05) is 0 Å². The van der Waals surface area contributed by atoms with E-state index in [2.05, 4.69) is 16.0 Å². The molecule has 0 saturated carbocycles. The summed E-state index contributed by atoms with van der Waals surface area (Å²) in [5.41, 5.74) is 2.34. The summed E-state index contributed by atoms with van der Waals surface area (Å²) < 4.78 is 27.1. The summed E-state index contributed by atoms with van der Waals surface area (Å²) in [4.78, 5) is 8.74. The molecule has 7 heteroatoms. The van der Waals surface area contributed by atoms with Crippen LogP contribution >= 0.6 is 23.4 Å². The van der Waals surface area contributed by atoms with E-state index in [4.69, 9.17) is 11.6 Å². The van der Waals surface area contributed by atoms with Crippen LogP contribution in [0.5, 0.6) is 0 Å². The third-order valence-corrected chi connectivity index (χ3v) is 4.84. The SMILES string of the molecule is Cc1nc(SCc2cccc(F)c2F)nc(-c2ccc(Cl)cc2)c1C#N.